The molecule has 1 fully saturated rings. The van der Waals surface area contributed by atoms with Crippen molar-refractivity contribution in [3.63, 3.8) is 0 Å². The van der Waals surface area contributed by atoms with Gasteiger partial charge < -0.3 is 10.6 Å². The summed E-state index contributed by atoms with van der Waals surface area (Å²) in [6.07, 6.45) is 9.19. The molecule has 0 atom stereocenters. The van der Waals surface area contributed by atoms with E-state index in [0.29, 0.717) is 6.04 Å². The average Bonchev–Trinajstić information content (AvgIpc) is 2.63. The summed E-state index contributed by atoms with van der Waals surface area (Å²) in [5, 5.41) is 15.5. The lowest BCUT2D eigenvalue weighted by molar-refractivity contribution is -0.112. The summed E-state index contributed by atoms with van der Waals surface area (Å²) < 4.78 is 0. The summed E-state index contributed by atoms with van der Waals surface area (Å²) >= 11 is 0. The number of amides is 1. The number of aryl methyl sites for hydroxylation is 2. The molecule has 0 bridgehead atoms. The number of para-hydroxylation sites is 1. The largest absolute Gasteiger partial charge is 0.387 e. The summed E-state index contributed by atoms with van der Waals surface area (Å²) in [7, 11) is 0. The van der Waals surface area contributed by atoms with E-state index in [9.17, 15) is 10.1 Å². The van der Waals surface area contributed by atoms with Gasteiger partial charge in [-0.15, -0.1) is 0 Å². The number of nitrogens with one attached hydrogen (secondary N) is 2. The van der Waals surface area contributed by atoms with E-state index in [2.05, 4.69) is 24.5 Å². The van der Waals surface area contributed by atoms with Gasteiger partial charge in [0.15, 0.2) is 0 Å². The first-order valence-corrected chi connectivity index (χ1v) is 8.98. The second-order valence-corrected chi connectivity index (χ2v) is 6.28. The summed E-state index contributed by atoms with van der Waals surface area (Å²) in [6.45, 7) is 4.13. The van der Waals surface area contributed by atoms with E-state index in [1.165, 1.54) is 19.3 Å². The van der Waals surface area contributed by atoms with Gasteiger partial charge in [-0.1, -0.05) is 51.3 Å². The highest BCUT2D eigenvalue weighted by molar-refractivity contribution is 6.07. The molecule has 0 aliphatic heterocycles. The van der Waals surface area contributed by atoms with Gasteiger partial charge in [0.1, 0.15) is 11.6 Å². The molecular formula is C20H27N3O. The molecule has 0 spiro atoms. The molecule has 128 valence electrons. The molecule has 4 nitrogen and oxygen atoms in total. The summed E-state index contributed by atoms with van der Waals surface area (Å²) in [5.41, 5.74) is 3.18. The van der Waals surface area contributed by atoms with E-state index in [1.54, 1.807) is 6.20 Å². The van der Waals surface area contributed by atoms with Crippen LogP contribution in [-0.4, -0.2) is 11.9 Å². The topological polar surface area (TPSA) is 64.9 Å². The van der Waals surface area contributed by atoms with E-state index >= 15 is 0 Å². The Morgan fingerprint density at radius 1 is 1.21 bits per heavy atom. The third-order valence-corrected chi connectivity index (χ3v) is 4.67. The zero-order valence-corrected chi connectivity index (χ0v) is 14.7. The molecule has 0 radical (unpaired) electrons. The van der Waals surface area contributed by atoms with E-state index in [4.69, 9.17) is 0 Å². The van der Waals surface area contributed by atoms with Crippen LogP contribution >= 0.6 is 0 Å². The van der Waals surface area contributed by atoms with Crippen molar-refractivity contribution in [3.05, 3.63) is 41.1 Å². The molecular weight excluding hydrogens is 298 g/mol. The SMILES string of the molecule is CCc1cccc(CC)c1NC(=O)/C(C#N)=C\NC1CCCCC1. The maximum absolute atomic E-state index is 12.5. The number of rotatable bonds is 6. The minimum absolute atomic E-state index is 0.133. The Balaban J connectivity index is 2.11. The van der Waals surface area contributed by atoms with Crippen LogP contribution in [0.5, 0.6) is 0 Å². The predicted octanol–water partition coefficient (Wildman–Crippen LogP) is 4.08. The molecule has 1 aromatic carbocycles. The Kier molecular flexibility index (Phi) is 6.87. The quantitative estimate of drug-likeness (QED) is 0.612. The van der Waals surface area contributed by atoms with Gasteiger partial charge in [-0.3, -0.25) is 4.79 Å². The molecule has 0 saturated heterocycles. The standard InChI is InChI=1S/C20H27N3O/c1-3-15-9-8-10-16(4-2)19(15)23-20(24)17(13-21)14-22-18-11-6-5-7-12-18/h8-10,14,18,22H,3-7,11-12H2,1-2H3,(H,23,24)/b17-14-. The fraction of sp³-hybridized carbons (Fsp3) is 0.500. The van der Waals surface area contributed by atoms with Crippen molar-refractivity contribution < 1.29 is 4.79 Å². The number of nitrogens with zero attached hydrogens (tertiary/aromatic N) is 1. The molecule has 0 heterocycles. The van der Waals surface area contributed by atoms with Gasteiger partial charge in [0.2, 0.25) is 0 Å². The lowest BCUT2D eigenvalue weighted by Gasteiger charge is -2.22. The van der Waals surface area contributed by atoms with Gasteiger partial charge in [0.25, 0.3) is 5.91 Å². The first kappa shape index (κ1) is 18.1. The van der Waals surface area contributed by atoms with Gasteiger partial charge >= 0.3 is 0 Å². The van der Waals surface area contributed by atoms with Crippen LogP contribution in [0.25, 0.3) is 0 Å². The first-order chi connectivity index (χ1) is 11.7. The van der Waals surface area contributed by atoms with Crippen LogP contribution in [0, 0.1) is 11.3 Å². The Bertz CT molecular complexity index is 615. The fourth-order valence-corrected chi connectivity index (χ4v) is 3.20. The molecule has 1 aliphatic carbocycles. The van der Waals surface area contributed by atoms with Gasteiger partial charge in [-0.05, 0) is 36.8 Å². The van der Waals surface area contributed by atoms with Gasteiger partial charge in [0, 0.05) is 17.9 Å². The minimum atomic E-state index is -0.337. The zero-order valence-electron chi connectivity index (χ0n) is 14.7. The highest BCUT2D eigenvalue weighted by atomic mass is 16.1. The predicted molar refractivity (Wildman–Crippen MR) is 97.5 cm³/mol. The van der Waals surface area contributed by atoms with Crippen molar-refractivity contribution in [3.8, 4) is 6.07 Å². The molecule has 1 amide bonds. The van der Waals surface area contributed by atoms with Crippen LogP contribution in [0.1, 0.15) is 57.1 Å². The van der Waals surface area contributed by atoms with Gasteiger partial charge in [-0.25, -0.2) is 0 Å². The molecule has 0 aromatic heterocycles. The molecule has 1 aromatic rings. The number of hydrogen-bond acceptors (Lipinski definition) is 3. The number of benzene rings is 1. The highest BCUT2D eigenvalue weighted by Crippen LogP contribution is 2.23. The van der Waals surface area contributed by atoms with Crippen molar-refractivity contribution in [2.75, 3.05) is 5.32 Å². The van der Waals surface area contributed by atoms with Crippen LogP contribution < -0.4 is 10.6 Å². The zero-order chi connectivity index (χ0) is 17.4. The Morgan fingerprint density at radius 2 is 1.83 bits per heavy atom. The second-order valence-electron chi connectivity index (χ2n) is 6.28. The third-order valence-electron chi connectivity index (χ3n) is 4.67. The molecule has 1 aliphatic rings. The van der Waals surface area contributed by atoms with Crippen LogP contribution in [0.3, 0.4) is 0 Å². The maximum atomic E-state index is 12.5. The molecule has 4 heteroatoms. The van der Waals surface area contributed by atoms with E-state index in [-0.39, 0.29) is 11.5 Å². The Labute approximate surface area is 144 Å². The van der Waals surface area contributed by atoms with Crippen molar-refractivity contribution in [1.82, 2.24) is 5.32 Å². The summed E-state index contributed by atoms with van der Waals surface area (Å²) in [4.78, 5) is 12.5. The van der Waals surface area contributed by atoms with E-state index in [0.717, 1.165) is 42.5 Å². The number of hydrogen-bond donors (Lipinski definition) is 2. The van der Waals surface area contributed by atoms with Crippen LogP contribution in [0.15, 0.2) is 30.0 Å². The number of nitriles is 1. The maximum Gasteiger partial charge on any atom is 0.267 e. The lowest BCUT2D eigenvalue weighted by Crippen LogP contribution is -2.28. The number of carbonyl (C=O) groups excluding carboxylic acids is 1. The average molecular weight is 325 g/mol. The fourth-order valence-electron chi connectivity index (χ4n) is 3.20. The van der Waals surface area contributed by atoms with Crippen LogP contribution in [0.2, 0.25) is 0 Å². The molecule has 0 unspecified atom stereocenters. The summed E-state index contributed by atoms with van der Waals surface area (Å²) in [6, 6.07) is 8.45. The van der Waals surface area contributed by atoms with Crippen molar-refractivity contribution in [2.24, 2.45) is 0 Å². The van der Waals surface area contributed by atoms with Gasteiger partial charge in [-0.2, -0.15) is 5.26 Å². The normalized spacial score (nSPS) is 15.6. The van der Waals surface area contributed by atoms with Gasteiger partial charge in [0.05, 0.1) is 0 Å². The highest BCUT2D eigenvalue weighted by Gasteiger charge is 2.16. The first-order valence-electron chi connectivity index (χ1n) is 8.98. The summed E-state index contributed by atoms with van der Waals surface area (Å²) in [5.74, 6) is -0.337. The smallest absolute Gasteiger partial charge is 0.267 e. The second kappa shape index (κ2) is 9.12. The molecule has 24 heavy (non-hydrogen) atoms. The van der Waals surface area contributed by atoms with Crippen molar-refractivity contribution in [2.45, 2.75) is 64.8 Å². The molecule has 1 saturated carbocycles. The van der Waals surface area contributed by atoms with E-state index < -0.39 is 0 Å². The van der Waals surface area contributed by atoms with Crippen LogP contribution in [0.4, 0.5) is 5.69 Å². The molecule has 2 rings (SSSR count). The van der Waals surface area contributed by atoms with Crippen molar-refractivity contribution in [1.29, 1.82) is 5.26 Å². The Hall–Kier alpha value is -2.28. The minimum Gasteiger partial charge on any atom is -0.387 e. The number of anilines is 1. The lowest BCUT2D eigenvalue weighted by atomic mass is 9.96. The van der Waals surface area contributed by atoms with Crippen molar-refractivity contribution >= 4 is 11.6 Å². The van der Waals surface area contributed by atoms with Crippen LogP contribution in [-0.2, 0) is 17.6 Å². The molecule has 2 N–H and O–H groups in total. The third kappa shape index (κ3) is 4.61. The van der Waals surface area contributed by atoms with E-state index in [1.807, 2.05) is 24.3 Å². The Morgan fingerprint density at radius 3 is 2.38 bits per heavy atom. The number of carbonyl (C=O) groups is 1. The monoisotopic (exact) mass is 325 g/mol.